The van der Waals surface area contributed by atoms with Crippen LogP contribution in [0.5, 0.6) is 0 Å². The number of likely N-dealkylation sites (N-methyl/N-ethyl adjacent to an activating group) is 1. The summed E-state index contributed by atoms with van der Waals surface area (Å²) in [6.45, 7) is 6.74. The first-order valence-corrected chi connectivity index (χ1v) is 5.41. The SMILES string of the molecule is CCN1CCNC[C@@H]1c1ccccc1. The second-order valence-electron chi connectivity index (χ2n) is 3.76. The first-order chi connectivity index (χ1) is 6.92. The van der Waals surface area contributed by atoms with Crippen LogP contribution < -0.4 is 5.32 Å². The second-order valence-corrected chi connectivity index (χ2v) is 3.76. The minimum atomic E-state index is 0.565. The Balaban J connectivity index is 2.15. The predicted octanol–water partition coefficient (Wildman–Crippen LogP) is 1.65. The zero-order valence-corrected chi connectivity index (χ0v) is 8.74. The molecular weight excluding hydrogens is 172 g/mol. The molecule has 0 unspecified atom stereocenters. The highest BCUT2D eigenvalue weighted by atomic mass is 15.2. The largest absolute Gasteiger partial charge is 0.314 e. The van der Waals surface area contributed by atoms with Gasteiger partial charge in [0.1, 0.15) is 0 Å². The molecule has 1 aromatic rings. The van der Waals surface area contributed by atoms with Gasteiger partial charge in [-0.15, -0.1) is 0 Å². The molecule has 1 aliphatic rings. The molecule has 1 N–H and O–H groups in total. The van der Waals surface area contributed by atoms with E-state index in [9.17, 15) is 0 Å². The number of rotatable bonds is 2. The minimum absolute atomic E-state index is 0.565. The fourth-order valence-corrected chi connectivity index (χ4v) is 2.13. The van der Waals surface area contributed by atoms with Crippen molar-refractivity contribution in [2.24, 2.45) is 0 Å². The average Bonchev–Trinajstić information content (AvgIpc) is 2.30. The third kappa shape index (κ3) is 1.97. The summed E-state index contributed by atoms with van der Waals surface area (Å²) >= 11 is 0. The third-order valence-electron chi connectivity index (χ3n) is 2.94. The van der Waals surface area contributed by atoms with E-state index in [-0.39, 0.29) is 0 Å². The molecule has 2 heteroatoms. The van der Waals surface area contributed by atoms with Crippen molar-refractivity contribution < 1.29 is 0 Å². The summed E-state index contributed by atoms with van der Waals surface area (Å²) in [5.41, 5.74) is 1.43. The van der Waals surface area contributed by atoms with Crippen LogP contribution in [0.2, 0.25) is 0 Å². The Labute approximate surface area is 85.9 Å². The van der Waals surface area contributed by atoms with E-state index in [0.29, 0.717) is 6.04 Å². The summed E-state index contributed by atoms with van der Waals surface area (Å²) in [5, 5.41) is 3.46. The maximum atomic E-state index is 3.46. The molecule has 2 rings (SSSR count). The smallest absolute Gasteiger partial charge is 0.0473 e. The maximum Gasteiger partial charge on any atom is 0.0473 e. The highest BCUT2D eigenvalue weighted by Crippen LogP contribution is 2.20. The Bertz CT molecular complexity index is 271. The van der Waals surface area contributed by atoms with Crippen LogP contribution in [0, 0.1) is 0 Å². The van der Waals surface area contributed by atoms with Crippen molar-refractivity contribution in [2.75, 3.05) is 26.2 Å². The van der Waals surface area contributed by atoms with Crippen LogP contribution in [0.1, 0.15) is 18.5 Å². The molecule has 1 fully saturated rings. The molecule has 76 valence electrons. The zero-order chi connectivity index (χ0) is 9.80. The highest BCUT2D eigenvalue weighted by molar-refractivity contribution is 5.19. The summed E-state index contributed by atoms with van der Waals surface area (Å²) < 4.78 is 0. The van der Waals surface area contributed by atoms with Gasteiger partial charge in [-0.25, -0.2) is 0 Å². The molecule has 0 bridgehead atoms. The molecule has 1 saturated heterocycles. The third-order valence-corrected chi connectivity index (χ3v) is 2.94. The average molecular weight is 190 g/mol. The maximum absolute atomic E-state index is 3.46. The van der Waals surface area contributed by atoms with E-state index in [0.717, 1.165) is 26.2 Å². The molecule has 1 heterocycles. The lowest BCUT2D eigenvalue weighted by Crippen LogP contribution is -2.45. The van der Waals surface area contributed by atoms with Crippen LogP contribution in [-0.2, 0) is 0 Å². The molecule has 1 aliphatic heterocycles. The van der Waals surface area contributed by atoms with Crippen LogP contribution >= 0.6 is 0 Å². The number of benzene rings is 1. The molecule has 0 aliphatic carbocycles. The standard InChI is InChI=1S/C12H18N2/c1-2-14-9-8-13-10-12(14)11-6-4-3-5-7-11/h3-7,12-13H,2,8-10H2,1H3/t12-/m1/s1. The van der Waals surface area contributed by atoms with Gasteiger partial charge in [0.05, 0.1) is 0 Å². The fourth-order valence-electron chi connectivity index (χ4n) is 2.13. The first kappa shape index (κ1) is 9.69. The molecule has 1 atom stereocenters. The van der Waals surface area contributed by atoms with E-state index in [1.165, 1.54) is 5.56 Å². The van der Waals surface area contributed by atoms with Gasteiger partial charge in [-0.2, -0.15) is 0 Å². The van der Waals surface area contributed by atoms with Crippen molar-refractivity contribution in [1.29, 1.82) is 0 Å². The molecule has 0 spiro atoms. The van der Waals surface area contributed by atoms with Gasteiger partial charge >= 0.3 is 0 Å². The first-order valence-electron chi connectivity index (χ1n) is 5.41. The van der Waals surface area contributed by atoms with E-state index in [4.69, 9.17) is 0 Å². The van der Waals surface area contributed by atoms with Gasteiger partial charge in [-0.05, 0) is 12.1 Å². The second kappa shape index (κ2) is 4.58. The molecule has 0 aromatic heterocycles. The van der Waals surface area contributed by atoms with Crippen molar-refractivity contribution >= 4 is 0 Å². The lowest BCUT2D eigenvalue weighted by atomic mass is 10.0. The van der Waals surface area contributed by atoms with E-state index >= 15 is 0 Å². The molecule has 0 amide bonds. The number of nitrogens with one attached hydrogen (secondary N) is 1. The number of piperazine rings is 1. The van der Waals surface area contributed by atoms with E-state index in [1.54, 1.807) is 0 Å². The predicted molar refractivity (Wildman–Crippen MR) is 59.3 cm³/mol. The quantitative estimate of drug-likeness (QED) is 0.763. The van der Waals surface area contributed by atoms with Crippen LogP contribution in [0.15, 0.2) is 30.3 Å². The van der Waals surface area contributed by atoms with Crippen LogP contribution in [0.3, 0.4) is 0 Å². The van der Waals surface area contributed by atoms with Crippen molar-refractivity contribution in [2.45, 2.75) is 13.0 Å². The Morgan fingerprint density at radius 3 is 2.86 bits per heavy atom. The monoisotopic (exact) mass is 190 g/mol. The van der Waals surface area contributed by atoms with Gasteiger partial charge in [0.2, 0.25) is 0 Å². The molecule has 2 nitrogen and oxygen atoms in total. The highest BCUT2D eigenvalue weighted by Gasteiger charge is 2.21. The van der Waals surface area contributed by atoms with E-state index in [1.807, 2.05) is 0 Å². The van der Waals surface area contributed by atoms with Gasteiger partial charge in [-0.3, -0.25) is 4.90 Å². The molecular formula is C12H18N2. The summed E-state index contributed by atoms with van der Waals surface area (Å²) in [6.07, 6.45) is 0. The van der Waals surface area contributed by atoms with Gasteiger partial charge in [0.25, 0.3) is 0 Å². The van der Waals surface area contributed by atoms with Crippen molar-refractivity contribution in [3.8, 4) is 0 Å². The van der Waals surface area contributed by atoms with Gasteiger partial charge in [0, 0.05) is 25.7 Å². The Morgan fingerprint density at radius 1 is 1.36 bits per heavy atom. The normalized spacial score (nSPS) is 23.6. The van der Waals surface area contributed by atoms with Gasteiger partial charge in [0.15, 0.2) is 0 Å². The Hall–Kier alpha value is -0.860. The van der Waals surface area contributed by atoms with Crippen LogP contribution in [0.25, 0.3) is 0 Å². The van der Waals surface area contributed by atoms with Crippen molar-refractivity contribution in [1.82, 2.24) is 10.2 Å². The summed E-state index contributed by atoms with van der Waals surface area (Å²) in [6, 6.07) is 11.3. The Morgan fingerprint density at radius 2 is 2.14 bits per heavy atom. The molecule has 1 aromatic carbocycles. The van der Waals surface area contributed by atoms with Crippen LogP contribution in [0.4, 0.5) is 0 Å². The number of hydrogen-bond donors (Lipinski definition) is 1. The zero-order valence-electron chi connectivity index (χ0n) is 8.74. The fraction of sp³-hybridized carbons (Fsp3) is 0.500. The van der Waals surface area contributed by atoms with E-state index in [2.05, 4.69) is 47.5 Å². The van der Waals surface area contributed by atoms with Gasteiger partial charge in [-0.1, -0.05) is 37.3 Å². The molecule has 14 heavy (non-hydrogen) atoms. The van der Waals surface area contributed by atoms with Crippen LogP contribution in [-0.4, -0.2) is 31.1 Å². The van der Waals surface area contributed by atoms with Crippen molar-refractivity contribution in [3.63, 3.8) is 0 Å². The van der Waals surface area contributed by atoms with Crippen molar-refractivity contribution in [3.05, 3.63) is 35.9 Å². The summed E-state index contributed by atoms with van der Waals surface area (Å²) in [7, 11) is 0. The Kier molecular flexibility index (Phi) is 3.17. The number of hydrogen-bond acceptors (Lipinski definition) is 2. The minimum Gasteiger partial charge on any atom is -0.314 e. The lowest BCUT2D eigenvalue weighted by molar-refractivity contribution is 0.171. The lowest BCUT2D eigenvalue weighted by Gasteiger charge is -2.35. The number of nitrogens with zero attached hydrogens (tertiary/aromatic N) is 1. The summed E-state index contributed by atoms with van der Waals surface area (Å²) in [4.78, 5) is 2.53. The summed E-state index contributed by atoms with van der Waals surface area (Å²) in [5.74, 6) is 0. The van der Waals surface area contributed by atoms with E-state index < -0.39 is 0 Å². The topological polar surface area (TPSA) is 15.3 Å². The molecule has 0 saturated carbocycles. The van der Waals surface area contributed by atoms with Gasteiger partial charge < -0.3 is 5.32 Å². The molecule has 0 radical (unpaired) electrons.